The van der Waals surface area contributed by atoms with Gasteiger partial charge < -0.3 is 0 Å². The van der Waals surface area contributed by atoms with E-state index < -0.39 is 0 Å². The van der Waals surface area contributed by atoms with Gasteiger partial charge in [0.2, 0.25) is 0 Å². The lowest BCUT2D eigenvalue weighted by molar-refractivity contribution is 0.105. The Morgan fingerprint density at radius 1 is 1.08 bits per heavy atom. The molecule has 4 heteroatoms. The van der Waals surface area contributed by atoms with E-state index >= 15 is 0 Å². The van der Waals surface area contributed by atoms with Gasteiger partial charge in [0.05, 0.1) is 4.88 Å². The van der Waals surface area contributed by atoms with Crippen molar-refractivity contribution >= 4 is 39.1 Å². The van der Waals surface area contributed by atoms with Crippen LogP contribution in [0, 0.1) is 5.82 Å². The average Bonchev–Trinajstić information content (AvgIpc) is 3.05. The van der Waals surface area contributed by atoms with Crippen molar-refractivity contribution in [2.24, 2.45) is 0 Å². The largest absolute Gasteiger partial charge is 0.288 e. The average molecular weight is 401 g/mol. The standard InChI is InChI=1S/C20H14BrFOS/c21-16-7-9-18(22)15(13-16)6-10-19(23)20-11-8-17(24-20)12-14-4-2-1-3-5-14/h1-11,13H,12H2/b10-6+. The number of rotatable bonds is 5. The van der Waals surface area contributed by atoms with Crippen molar-refractivity contribution in [1.29, 1.82) is 0 Å². The molecule has 0 amide bonds. The third kappa shape index (κ3) is 4.28. The lowest BCUT2D eigenvalue weighted by Crippen LogP contribution is -1.90. The first-order valence-electron chi connectivity index (χ1n) is 7.42. The van der Waals surface area contributed by atoms with Gasteiger partial charge in [-0.3, -0.25) is 4.79 Å². The van der Waals surface area contributed by atoms with Crippen LogP contribution in [0.1, 0.15) is 25.7 Å². The number of hydrogen-bond donors (Lipinski definition) is 0. The molecule has 24 heavy (non-hydrogen) atoms. The van der Waals surface area contributed by atoms with E-state index in [1.165, 1.54) is 35.1 Å². The minimum absolute atomic E-state index is 0.112. The first-order valence-corrected chi connectivity index (χ1v) is 9.03. The maximum absolute atomic E-state index is 13.7. The highest BCUT2D eigenvalue weighted by Crippen LogP contribution is 2.22. The molecule has 0 bridgehead atoms. The third-order valence-electron chi connectivity index (χ3n) is 3.50. The Labute approximate surface area is 152 Å². The Kier molecular flexibility index (Phi) is 5.38. The number of allylic oxidation sites excluding steroid dienone is 1. The monoisotopic (exact) mass is 400 g/mol. The van der Waals surface area contributed by atoms with E-state index in [1.807, 2.05) is 30.3 Å². The summed E-state index contributed by atoms with van der Waals surface area (Å²) in [6.45, 7) is 0. The van der Waals surface area contributed by atoms with Crippen LogP contribution in [0.2, 0.25) is 0 Å². The van der Waals surface area contributed by atoms with Crippen molar-refractivity contribution in [3.05, 3.63) is 97.9 Å². The van der Waals surface area contributed by atoms with Gasteiger partial charge in [0.1, 0.15) is 5.82 Å². The summed E-state index contributed by atoms with van der Waals surface area (Å²) in [5.41, 5.74) is 1.60. The Hall–Kier alpha value is -2.04. The fraction of sp³-hybridized carbons (Fsp3) is 0.0500. The molecule has 0 aliphatic carbocycles. The van der Waals surface area contributed by atoms with Crippen LogP contribution >= 0.6 is 27.3 Å². The van der Waals surface area contributed by atoms with Crippen molar-refractivity contribution in [2.45, 2.75) is 6.42 Å². The summed E-state index contributed by atoms with van der Waals surface area (Å²) in [4.78, 5) is 14.1. The quantitative estimate of drug-likeness (QED) is 0.371. The molecular formula is C20H14BrFOS. The van der Waals surface area contributed by atoms with Gasteiger partial charge in [0.15, 0.2) is 5.78 Å². The van der Waals surface area contributed by atoms with Gasteiger partial charge in [-0.05, 0) is 48.0 Å². The van der Waals surface area contributed by atoms with Crippen LogP contribution in [0.5, 0.6) is 0 Å². The summed E-state index contributed by atoms with van der Waals surface area (Å²) in [6.07, 6.45) is 3.74. The molecule has 120 valence electrons. The van der Waals surface area contributed by atoms with E-state index in [9.17, 15) is 9.18 Å². The summed E-state index contributed by atoms with van der Waals surface area (Å²) in [5.74, 6) is -0.461. The molecule has 0 aliphatic heterocycles. The molecule has 3 rings (SSSR count). The summed E-state index contributed by atoms with van der Waals surface area (Å²) < 4.78 is 14.5. The van der Waals surface area contributed by atoms with Crippen molar-refractivity contribution < 1.29 is 9.18 Å². The minimum Gasteiger partial charge on any atom is -0.288 e. The molecule has 0 saturated heterocycles. The number of benzene rings is 2. The zero-order chi connectivity index (χ0) is 16.9. The van der Waals surface area contributed by atoms with E-state index in [1.54, 1.807) is 12.1 Å². The van der Waals surface area contributed by atoms with Crippen LogP contribution in [0.3, 0.4) is 0 Å². The van der Waals surface area contributed by atoms with Gasteiger partial charge in [0, 0.05) is 21.3 Å². The van der Waals surface area contributed by atoms with Crippen LogP contribution in [0.25, 0.3) is 6.08 Å². The smallest absolute Gasteiger partial charge is 0.195 e. The predicted octanol–water partition coefficient (Wildman–Crippen LogP) is 6.14. The Morgan fingerprint density at radius 2 is 1.88 bits per heavy atom. The number of carbonyl (C=O) groups is 1. The molecule has 3 aromatic rings. The highest BCUT2D eigenvalue weighted by atomic mass is 79.9. The lowest BCUT2D eigenvalue weighted by Gasteiger charge is -1.98. The van der Waals surface area contributed by atoms with E-state index in [2.05, 4.69) is 28.1 Å². The molecule has 0 fully saturated rings. The first-order chi connectivity index (χ1) is 11.6. The van der Waals surface area contributed by atoms with Crippen molar-refractivity contribution in [2.75, 3.05) is 0 Å². The van der Waals surface area contributed by atoms with Gasteiger partial charge in [-0.2, -0.15) is 0 Å². The Morgan fingerprint density at radius 3 is 2.67 bits per heavy atom. The van der Waals surface area contributed by atoms with Gasteiger partial charge >= 0.3 is 0 Å². The summed E-state index contributed by atoms with van der Waals surface area (Å²) >= 11 is 4.77. The van der Waals surface area contributed by atoms with Crippen molar-refractivity contribution in [3.8, 4) is 0 Å². The van der Waals surface area contributed by atoms with Crippen LogP contribution < -0.4 is 0 Å². The van der Waals surface area contributed by atoms with Crippen molar-refractivity contribution in [1.82, 2.24) is 0 Å². The molecule has 1 nitrogen and oxygen atoms in total. The summed E-state index contributed by atoms with van der Waals surface area (Å²) in [6, 6.07) is 18.6. The molecule has 0 aliphatic rings. The number of thiophene rings is 1. The first kappa shape index (κ1) is 16.8. The summed E-state index contributed by atoms with van der Waals surface area (Å²) in [5, 5.41) is 0. The second kappa shape index (κ2) is 7.69. The summed E-state index contributed by atoms with van der Waals surface area (Å²) in [7, 11) is 0. The fourth-order valence-corrected chi connectivity index (χ4v) is 3.63. The molecule has 0 radical (unpaired) electrons. The zero-order valence-corrected chi connectivity index (χ0v) is 15.1. The Balaban J connectivity index is 1.72. The maximum atomic E-state index is 13.7. The molecule has 1 heterocycles. The zero-order valence-electron chi connectivity index (χ0n) is 12.7. The highest BCUT2D eigenvalue weighted by molar-refractivity contribution is 9.10. The SMILES string of the molecule is O=C(/C=C/c1cc(Br)ccc1F)c1ccc(Cc2ccccc2)s1. The van der Waals surface area contributed by atoms with E-state index in [-0.39, 0.29) is 11.6 Å². The molecule has 0 unspecified atom stereocenters. The third-order valence-corrected chi connectivity index (χ3v) is 5.09. The van der Waals surface area contributed by atoms with Gasteiger partial charge in [-0.25, -0.2) is 4.39 Å². The topological polar surface area (TPSA) is 17.1 Å². The second-order valence-corrected chi connectivity index (χ2v) is 7.38. The van der Waals surface area contributed by atoms with Gasteiger partial charge in [-0.1, -0.05) is 46.3 Å². The predicted molar refractivity (Wildman–Crippen MR) is 101 cm³/mol. The number of carbonyl (C=O) groups excluding carboxylic acids is 1. The molecule has 2 aromatic carbocycles. The van der Waals surface area contributed by atoms with Crippen LogP contribution in [-0.2, 0) is 6.42 Å². The molecule has 0 saturated carbocycles. The molecular weight excluding hydrogens is 387 g/mol. The van der Waals surface area contributed by atoms with Gasteiger partial charge in [0.25, 0.3) is 0 Å². The van der Waals surface area contributed by atoms with E-state index in [0.29, 0.717) is 10.4 Å². The number of ketones is 1. The fourth-order valence-electron chi connectivity index (χ4n) is 2.29. The normalized spacial score (nSPS) is 11.1. The van der Waals surface area contributed by atoms with Gasteiger partial charge in [-0.15, -0.1) is 11.3 Å². The van der Waals surface area contributed by atoms with Crippen LogP contribution in [0.4, 0.5) is 4.39 Å². The van der Waals surface area contributed by atoms with Crippen molar-refractivity contribution in [3.63, 3.8) is 0 Å². The molecule has 0 atom stereocenters. The van der Waals surface area contributed by atoms with E-state index in [0.717, 1.165) is 15.8 Å². The second-order valence-electron chi connectivity index (χ2n) is 5.29. The minimum atomic E-state index is -0.349. The van der Waals surface area contributed by atoms with Crippen LogP contribution in [0.15, 0.2) is 71.2 Å². The molecule has 1 aromatic heterocycles. The maximum Gasteiger partial charge on any atom is 0.195 e. The van der Waals surface area contributed by atoms with Crippen LogP contribution in [-0.4, -0.2) is 5.78 Å². The molecule has 0 spiro atoms. The lowest BCUT2D eigenvalue weighted by atomic mass is 10.1. The number of hydrogen-bond acceptors (Lipinski definition) is 2. The molecule has 0 N–H and O–H groups in total. The van der Waals surface area contributed by atoms with E-state index in [4.69, 9.17) is 0 Å². The highest BCUT2D eigenvalue weighted by Gasteiger charge is 2.08. The Bertz CT molecular complexity index is 884. The number of halogens is 2.